The second kappa shape index (κ2) is 34.9. The Kier molecular flexibility index (Phi) is 36.0. The van der Waals surface area contributed by atoms with Crippen molar-refractivity contribution in [1.82, 2.24) is 4.90 Å². The lowest BCUT2D eigenvalue weighted by molar-refractivity contribution is -0.428. The van der Waals surface area contributed by atoms with E-state index in [1.165, 1.54) is 6.42 Å². The number of aliphatic carboxylic acids is 1. The number of carboxylic acids is 1. The number of alkyl halides is 22. The lowest BCUT2D eigenvalue weighted by atomic mass is 9.88. The third kappa shape index (κ3) is 24.6. The van der Waals surface area contributed by atoms with Gasteiger partial charge >= 0.3 is 83.6 Å². The molecule has 0 heterocycles. The standard InChI is InChI=1S/C19H21F11O4.C12H11F11O3.C8H17N3.C7H12O2.ClH.HI/c1-10(2)13(31)33-9-12(34-14(32)11-6-4-3-5-7-11)8-15(20,21)17(23,24)16(22,18(25,26)27)19(28,29)30;1-5(2)7(25)26-4-6(24)3-8(13,14)10(16,17)9(15,11(18,19)20)12(21,22)23;1-4-9-8-10-6-5-7-11(2)3;8-7(9)6-4-2-1-3-5-6;;/h11-12H,1,3-9H2,2H3;6,24H,1,3-4H2,2H3;4-7H2,1-3H3;6H,1-5H2,(H,8,9);2*1H/p-1. The predicted molar refractivity (Wildman–Crippen MR) is 245 cm³/mol. The van der Waals surface area contributed by atoms with E-state index < -0.39 is 128 Å². The summed E-state index contributed by atoms with van der Waals surface area (Å²) < 4.78 is 300. The lowest BCUT2D eigenvalue weighted by Crippen LogP contribution is -3.00. The van der Waals surface area contributed by atoms with Crippen LogP contribution in [0.15, 0.2) is 34.3 Å². The van der Waals surface area contributed by atoms with Crippen molar-refractivity contribution >= 4 is 42.3 Å². The third-order valence-corrected chi connectivity index (χ3v) is 11.2. The molecule has 2 N–H and O–H groups in total. The molecule has 484 valence electrons. The first-order valence-electron chi connectivity index (χ1n) is 23.6. The SMILES string of the molecule is C=C(C)C(=O)OCC(CC(F)(F)C(F)(F)C(F)(C(F)(F)F)C(F)(F)F)OC(=O)C1CCCCC1.C=C(C)C(=O)OCC(O)CC(F)(F)C(F)(F)C(F)(C(F)(F)F)C(F)(F)F.CCN=C=NCCCN(C)C.Cl.O=C(O)C1CCCCC1.[I-]. The molecule has 0 aromatic heterocycles. The van der Waals surface area contributed by atoms with Gasteiger partial charge in [0.15, 0.2) is 0 Å². The number of ether oxygens (including phenoxy) is 3. The van der Waals surface area contributed by atoms with Gasteiger partial charge in [-0.05, 0) is 73.5 Å². The minimum Gasteiger partial charge on any atom is -1.00 e. The number of carbonyl (C=O) groups excluding carboxylic acids is 3. The van der Waals surface area contributed by atoms with Gasteiger partial charge < -0.3 is 53.3 Å². The zero-order valence-electron chi connectivity index (χ0n) is 44.1. The van der Waals surface area contributed by atoms with E-state index in [1.54, 1.807) is 0 Å². The van der Waals surface area contributed by atoms with Crippen LogP contribution in [-0.4, -0.2) is 164 Å². The first kappa shape index (κ1) is 84.6. The van der Waals surface area contributed by atoms with E-state index in [0.717, 1.165) is 65.6 Å². The van der Waals surface area contributed by atoms with E-state index in [0.29, 0.717) is 19.3 Å². The molecule has 2 atom stereocenters. The van der Waals surface area contributed by atoms with E-state index in [-0.39, 0.29) is 66.3 Å². The molecule has 12 nitrogen and oxygen atoms in total. The molecule has 82 heavy (non-hydrogen) atoms. The summed E-state index contributed by atoms with van der Waals surface area (Å²) in [7, 11) is 4.12. The second-order valence-electron chi connectivity index (χ2n) is 18.4. The molecular weight excluding hydrogens is 1320 g/mol. The topological polar surface area (TPSA) is 164 Å². The Balaban J connectivity index is -0.000000553. The molecule has 2 rings (SSSR count). The molecule has 2 aliphatic carbocycles. The molecule has 2 saturated carbocycles. The average molecular weight is 1380 g/mol. The minimum atomic E-state index is -7.64. The fourth-order valence-electron chi connectivity index (χ4n) is 6.74. The number of aliphatic imine (C=N–C) groups is 2. The Morgan fingerprint density at radius 1 is 0.598 bits per heavy atom. The number of hydrogen-bond donors (Lipinski definition) is 2. The van der Waals surface area contributed by atoms with Gasteiger partial charge in [0.25, 0.3) is 0 Å². The molecule has 2 unspecified atom stereocenters. The van der Waals surface area contributed by atoms with Gasteiger partial charge in [0, 0.05) is 24.1 Å². The maximum Gasteiger partial charge on any atom is 0.438 e. The van der Waals surface area contributed by atoms with Crippen molar-refractivity contribution in [3.63, 3.8) is 0 Å². The van der Waals surface area contributed by atoms with Gasteiger partial charge in [0.1, 0.15) is 19.3 Å². The van der Waals surface area contributed by atoms with Gasteiger partial charge in [-0.1, -0.05) is 51.7 Å². The van der Waals surface area contributed by atoms with Crippen molar-refractivity contribution in [2.24, 2.45) is 21.8 Å². The molecule has 2 aliphatic rings. The molecular formula is C46H62ClF22IN3O9-. The van der Waals surface area contributed by atoms with Gasteiger partial charge in [0.2, 0.25) is 0 Å². The minimum absolute atomic E-state index is 0. The highest BCUT2D eigenvalue weighted by molar-refractivity contribution is 5.87. The highest BCUT2D eigenvalue weighted by Crippen LogP contribution is 2.61. The molecule has 0 radical (unpaired) electrons. The van der Waals surface area contributed by atoms with Crippen molar-refractivity contribution in [2.75, 3.05) is 46.9 Å². The van der Waals surface area contributed by atoms with Crippen molar-refractivity contribution in [1.29, 1.82) is 0 Å². The van der Waals surface area contributed by atoms with E-state index in [4.69, 9.17) is 10.2 Å². The van der Waals surface area contributed by atoms with Gasteiger partial charge in [-0.25, -0.2) is 28.4 Å². The van der Waals surface area contributed by atoms with Crippen molar-refractivity contribution in [2.45, 2.75) is 176 Å². The Bertz CT molecular complexity index is 2030. The molecule has 36 heteroatoms. The summed E-state index contributed by atoms with van der Waals surface area (Å²) in [5, 5.41) is 17.6. The number of aliphatic hydroxyl groups excluding tert-OH is 1. The normalized spacial score (nSPS) is 16.0. The first-order chi connectivity index (χ1) is 36.0. The maximum atomic E-state index is 14.2. The molecule has 0 saturated heterocycles. The number of rotatable bonds is 22. The average Bonchev–Trinajstić information content (AvgIpc) is 3.31. The Morgan fingerprint density at radius 2 is 0.951 bits per heavy atom. The van der Waals surface area contributed by atoms with Gasteiger partial charge in [-0.3, -0.25) is 9.59 Å². The number of esters is 3. The van der Waals surface area contributed by atoms with Crippen molar-refractivity contribution < 1.29 is 164 Å². The number of halogens is 24. The second-order valence-corrected chi connectivity index (χ2v) is 18.4. The van der Waals surface area contributed by atoms with Crippen molar-refractivity contribution in [3.05, 3.63) is 24.3 Å². The van der Waals surface area contributed by atoms with E-state index in [2.05, 4.69) is 62.4 Å². The number of carboxylic acid groups (broad SMARTS) is 1. The number of hydrogen-bond acceptors (Lipinski definition) is 11. The van der Waals surface area contributed by atoms with Crippen LogP contribution >= 0.6 is 12.4 Å². The maximum absolute atomic E-state index is 14.2. The molecule has 0 spiro atoms. The van der Waals surface area contributed by atoms with Gasteiger partial charge in [-0.2, -0.15) is 87.8 Å². The van der Waals surface area contributed by atoms with Crippen LogP contribution in [-0.2, 0) is 33.4 Å². The fourth-order valence-corrected chi connectivity index (χ4v) is 6.74. The monoisotopic (exact) mass is 1380 g/mol. The summed E-state index contributed by atoms with van der Waals surface area (Å²) in [6.07, 6.45) is -32.4. The van der Waals surface area contributed by atoms with Crippen LogP contribution in [0.5, 0.6) is 0 Å². The molecule has 0 bridgehead atoms. The third-order valence-electron chi connectivity index (χ3n) is 11.2. The zero-order chi connectivity index (χ0) is 63.3. The van der Waals surface area contributed by atoms with E-state index in [1.807, 2.05) is 6.92 Å². The molecule has 0 aromatic carbocycles. The lowest BCUT2D eigenvalue weighted by Gasteiger charge is -2.40. The Hall–Kier alpha value is -3.86. The number of aliphatic hydroxyl groups is 1. The predicted octanol–water partition coefficient (Wildman–Crippen LogP) is 10.3. The van der Waals surface area contributed by atoms with Crippen LogP contribution in [0.3, 0.4) is 0 Å². The smallest absolute Gasteiger partial charge is 0.438 e. The van der Waals surface area contributed by atoms with Crippen molar-refractivity contribution in [3.8, 4) is 0 Å². The van der Waals surface area contributed by atoms with E-state index in [9.17, 15) is 116 Å². The largest absolute Gasteiger partial charge is 1.00 e. The highest BCUT2D eigenvalue weighted by atomic mass is 127. The molecule has 0 aromatic rings. The van der Waals surface area contributed by atoms with Crippen LogP contribution in [0.4, 0.5) is 96.6 Å². The molecule has 2 fully saturated rings. The number of carbonyl (C=O) groups is 4. The summed E-state index contributed by atoms with van der Waals surface area (Å²) in [6, 6.07) is 2.64. The molecule has 0 amide bonds. The van der Waals surface area contributed by atoms with Crippen LogP contribution in [0.25, 0.3) is 0 Å². The Labute approximate surface area is 479 Å². The van der Waals surface area contributed by atoms with Crippen LogP contribution in [0.1, 0.15) is 104 Å². The highest BCUT2D eigenvalue weighted by Gasteiger charge is 2.91. The van der Waals surface area contributed by atoms with Crippen LogP contribution in [0.2, 0.25) is 0 Å². The summed E-state index contributed by atoms with van der Waals surface area (Å²) >= 11 is 0. The van der Waals surface area contributed by atoms with Gasteiger partial charge in [0.05, 0.1) is 36.9 Å². The number of nitrogens with zero attached hydrogens (tertiary/aromatic N) is 3. The fraction of sp³-hybridized carbons (Fsp3) is 0.804. The molecule has 0 aliphatic heterocycles. The summed E-state index contributed by atoms with van der Waals surface area (Å²) in [5.41, 5.74) is -15.9. The summed E-state index contributed by atoms with van der Waals surface area (Å²) in [6.45, 7) is 9.97. The first-order valence-corrected chi connectivity index (χ1v) is 23.6. The summed E-state index contributed by atoms with van der Waals surface area (Å²) in [5.74, 6) is -32.8. The Morgan fingerprint density at radius 3 is 1.27 bits per heavy atom. The zero-order valence-corrected chi connectivity index (χ0v) is 47.1. The van der Waals surface area contributed by atoms with Gasteiger partial charge in [-0.15, -0.1) is 12.4 Å². The van der Waals surface area contributed by atoms with E-state index >= 15 is 0 Å². The summed E-state index contributed by atoms with van der Waals surface area (Å²) in [4.78, 5) is 54.9. The van der Waals surface area contributed by atoms with Crippen LogP contribution in [0, 0.1) is 11.8 Å². The van der Waals surface area contributed by atoms with Crippen LogP contribution < -0.4 is 24.0 Å². The quantitative estimate of drug-likeness (QED) is 0.0203.